The largest absolute Gasteiger partial charge is 0.342 e. The quantitative estimate of drug-likeness (QED) is 0.837. The number of nitrogens with zero attached hydrogens (tertiary/aromatic N) is 2. The number of anilines is 1. The molecule has 4 nitrogen and oxygen atoms in total. The van der Waals surface area contributed by atoms with E-state index in [1.165, 1.54) is 17.7 Å². The highest BCUT2D eigenvalue weighted by Crippen LogP contribution is 2.30. The summed E-state index contributed by atoms with van der Waals surface area (Å²) in [4.78, 5) is 29.4. The van der Waals surface area contributed by atoms with Crippen LogP contribution in [-0.4, -0.2) is 36.3 Å². The van der Waals surface area contributed by atoms with Gasteiger partial charge >= 0.3 is 0 Å². The van der Waals surface area contributed by atoms with Crippen molar-refractivity contribution >= 4 is 17.5 Å². The minimum Gasteiger partial charge on any atom is -0.342 e. The highest BCUT2D eigenvalue weighted by Gasteiger charge is 2.34. The molecule has 0 unspecified atom stereocenters. The molecule has 27 heavy (non-hydrogen) atoms. The third kappa shape index (κ3) is 3.72. The standard InChI is InChI=1S/C22H23FN2O2/c23-19-9-7-16(8-10-19)14-21(26)24-12-3-5-18(15-24)22(27)25-13-11-17-4-1-2-6-20(17)25/h1-2,4,6-10,18H,3,5,11-15H2/t18-/m1/s1. The number of fused-ring (bicyclic) bond motifs is 1. The molecule has 2 aromatic rings. The van der Waals surface area contributed by atoms with Gasteiger partial charge in [-0.05, 0) is 48.6 Å². The van der Waals surface area contributed by atoms with Gasteiger partial charge in [0.1, 0.15) is 5.82 Å². The van der Waals surface area contributed by atoms with Crippen molar-refractivity contribution in [1.82, 2.24) is 4.90 Å². The molecule has 2 aliphatic heterocycles. The van der Waals surface area contributed by atoms with E-state index in [0.29, 0.717) is 13.1 Å². The minimum absolute atomic E-state index is 0.000861. The van der Waals surface area contributed by atoms with Gasteiger partial charge in [0.05, 0.1) is 12.3 Å². The summed E-state index contributed by atoms with van der Waals surface area (Å²) < 4.78 is 13.0. The first-order valence-corrected chi connectivity index (χ1v) is 9.53. The number of hydrogen-bond donors (Lipinski definition) is 0. The molecule has 2 aromatic carbocycles. The third-order valence-electron chi connectivity index (χ3n) is 5.55. The van der Waals surface area contributed by atoms with Gasteiger partial charge in [-0.2, -0.15) is 0 Å². The van der Waals surface area contributed by atoms with Crippen molar-refractivity contribution in [2.45, 2.75) is 25.7 Å². The van der Waals surface area contributed by atoms with Crippen LogP contribution in [-0.2, 0) is 22.4 Å². The zero-order valence-electron chi connectivity index (χ0n) is 15.2. The van der Waals surface area contributed by atoms with E-state index >= 15 is 0 Å². The average Bonchev–Trinajstić information content (AvgIpc) is 3.13. The Morgan fingerprint density at radius 3 is 2.63 bits per heavy atom. The lowest BCUT2D eigenvalue weighted by molar-refractivity contribution is -0.134. The lowest BCUT2D eigenvalue weighted by Crippen LogP contribution is -2.47. The first kappa shape index (κ1) is 17.7. The molecule has 2 heterocycles. The fraction of sp³-hybridized carbons (Fsp3) is 0.364. The Bertz CT molecular complexity index is 850. The van der Waals surface area contributed by atoms with E-state index in [-0.39, 0.29) is 30.0 Å². The van der Waals surface area contributed by atoms with Gasteiger partial charge in [-0.3, -0.25) is 9.59 Å². The molecule has 0 saturated carbocycles. The molecule has 4 rings (SSSR count). The maximum atomic E-state index is 13.1. The molecule has 2 aliphatic rings. The van der Waals surface area contributed by atoms with Crippen molar-refractivity contribution in [2.24, 2.45) is 5.92 Å². The number of carbonyl (C=O) groups excluding carboxylic acids is 2. The summed E-state index contributed by atoms with van der Waals surface area (Å²) in [5.41, 5.74) is 3.02. The monoisotopic (exact) mass is 366 g/mol. The molecule has 0 aromatic heterocycles. The average molecular weight is 366 g/mol. The second-order valence-electron chi connectivity index (χ2n) is 7.35. The molecule has 0 bridgehead atoms. The van der Waals surface area contributed by atoms with Crippen molar-refractivity contribution < 1.29 is 14.0 Å². The number of halogens is 1. The Balaban J connectivity index is 1.41. The Morgan fingerprint density at radius 1 is 1.04 bits per heavy atom. The molecule has 1 atom stereocenters. The van der Waals surface area contributed by atoms with Crippen LogP contribution in [0.5, 0.6) is 0 Å². The van der Waals surface area contributed by atoms with E-state index in [2.05, 4.69) is 6.07 Å². The van der Waals surface area contributed by atoms with Crippen LogP contribution >= 0.6 is 0 Å². The van der Waals surface area contributed by atoms with Gasteiger partial charge in [0.2, 0.25) is 11.8 Å². The summed E-state index contributed by atoms with van der Waals surface area (Å²) in [6.07, 6.45) is 2.79. The zero-order chi connectivity index (χ0) is 18.8. The molecule has 0 radical (unpaired) electrons. The fourth-order valence-electron chi connectivity index (χ4n) is 4.08. The van der Waals surface area contributed by atoms with Gasteiger partial charge in [0.15, 0.2) is 0 Å². The summed E-state index contributed by atoms with van der Waals surface area (Å²) in [6.45, 7) is 1.87. The van der Waals surface area contributed by atoms with Gasteiger partial charge in [0.25, 0.3) is 0 Å². The Kier molecular flexibility index (Phi) is 4.92. The van der Waals surface area contributed by atoms with Gasteiger partial charge in [-0.1, -0.05) is 30.3 Å². The molecule has 1 fully saturated rings. The van der Waals surface area contributed by atoms with Crippen LogP contribution in [0.2, 0.25) is 0 Å². The van der Waals surface area contributed by atoms with E-state index in [1.54, 1.807) is 17.0 Å². The van der Waals surface area contributed by atoms with Crippen molar-refractivity contribution in [3.63, 3.8) is 0 Å². The van der Waals surface area contributed by atoms with Crippen molar-refractivity contribution in [2.75, 3.05) is 24.5 Å². The maximum Gasteiger partial charge on any atom is 0.231 e. The maximum absolute atomic E-state index is 13.1. The lowest BCUT2D eigenvalue weighted by Gasteiger charge is -2.34. The van der Waals surface area contributed by atoms with Crippen LogP contribution in [0, 0.1) is 11.7 Å². The van der Waals surface area contributed by atoms with Gasteiger partial charge in [-0.15, -0.1) is 0 Å². The summed E-state index contributed by atoms with van der Waals surface area (Å²) in [5, 5.41) is 0. The second-order valence-corrected chi connectivity index (χ2v) is 7.35. The number of rotatable bonds is 3. The summed E-state index contributed by atoms with van der Waals surface area (Å²) in [6, 6.07) is 14.1. The predicted octanol–water partition coefficient (Wildman–Crippen LogP) is 3.20. The molecular formula is C22H23FN2O2. The Morgan fingerprint density at radius 2 is 1.81 bits per heavy atom. The molecule has 0 spiro atoms. The van der Waals surface area contributed by atoms with Crippen LogP contribution in [0.15, 0.2) is 48.5 Å². The number of piperidine rings is 1. The van der Waals surface area contributed by atoms with E-state index < -0.39 is 0 Å². The molecule has 140 valence electrons. The van der Waals surface area contributed by atoms with Crippen molar-refractivity contribution in [3.05, 3.63) is 65.5 Å². The van der Waals surface area contributed by atoms with Crippen molar-refractivity contribution in [3.8, 4) is 0 Å². The molecule has 0 aliphatic carbocycles. The van der Waals surface area contributed by atoms with Crippen LogP contribution < -0.4 is 4.90 Å². The Labute approximate surface area is 158 Å². The summed E-state index contributed by atoms with van der Waals surface area (Å²) in [5.74, 6) is -0.331. The van der Waals surface area contributed by atoms with Crippen LogP contribution in [0.1, 0.15) is 24.0 Å². The van der Waals surface area contributed by atoms with Gasteiger partial charge in [-0.25, -0.2) is 4.39 Å². The van der Waals surface area contributed by atoms with Crippen LogP contribution in [0.4, 0.5) is 10.1 Å². The second kappa shape index (κ2) is 7.51. The number of amides is 2. The first-order valence-electron chi connectivity index (χ1n) is 9.53. The molecule has 1 saturated heterocycles. The smallest absolute Gasteiger partial charge is 0.231 e. The minimum atomic E-state index is -0.305. The number of carbonyl (C=O) groups is 2. The molecule has 5 heteroatoms. The topological polar surface area (TPSA) is 40.6 Å². The highest BCUT2D eigenvalue weighted by molar-refractivity contribution is 5.97. The number of hydrogen-bond acceptors (Lipinski definition) is 2. The zero-order valence-corrected chi connectivity index (χ0v) is 15.2. The van der Waals surface area contributed by atoms with Gasteiger partial charge in [0, 0.05) is 25.3 Å². The van der Waals surface area contributed by atoms with E-state index in [9.17, 15) is 14.0 Å². The third-order valence-corrected chi connectivity index (χ3v) is 5.55. The van der Waals surface area contributed by atoms with Crippen LogP contribution in [0.3, 0.4) is 0 Å². The van der Waals surface area contributed by atoms with Crippen molar-refractivity contribution in [1.29, 1.82) is 0 Å². The normalized spacial score (nSPS) is 19.1. The lowest BCUT2D eigenvalue weighted by atomic mass is 9.95. The van der Waals surface area contributed by atoms with Gasteiger partial charge < -0.3 is 9.80 Å². The van der Waals surface area contributed by atoms with E-state index in [0.717, 1.165) is 37.1 Å². The molecular weight excluding hydrogens is 343 g/mol. The van der Waals surface area contributed by atoms with Crippen LogP contribution in [0.25, 0.3) is 0 Å². The molecule has 0 N–H and O–H groups in total. The summed E-state index contributed by atoms with van der Waals surface area (Å²) in [7, 11) is 0. The predicted molar refractivity (Wildman–Crippen MR) is 102 cm³/mol. The molecule has 2 amide bonds. The number of likely N-dealkylation sites (tertiary alicyclic amines) is 1. The first-order chi connectivity index (χ1) is 13.1. The van der Waals surface area contributed by atoms with E-state index in [4.69, 9.17) is 0 Å². The highest BCUT2D eigenvalue weighted by atomic mass is 19.1. The Hall–Kier alpha value is -2.69. The number of benzene rings is 2. The van der Waals surface area contributed by atoms with E-state index in [1.807, 2.05) is 23.1 Å². The fourth-order valence-corrected chi connectivity index (χ4v) is 4.08. The SMILES string of the molecule is O=C(Cc1ccc(F)cc1)N1CCC[C@@H](C(=O)N2CCc3ccccc32)C1. The number of para-hydroxylation sites is 1. The summed E-state index contributed by atoms with van der Waals surface area (Å²) >= 11 is 0.